The molecular weight excluding hydrogens is 350 g/mol. The molecule has 0 aromatic heterocycles. The number of anilines is 2. The Kier molecular flexibility index (Phi) is 3.51. The number of nitrogens with one attached hydrogen (secondary N) is 1. The zero-order valence-electron chi connectivity index (χ0n) is 16.1. The van der Waals surface area contributed by atoms with E-state index >= 15 is 0 Å². The second kappa shape index (κ2) is 6.22. The Morgan fingerprint density at radius 3 is 1.62 bits per heavy atom. The average Bonchev–Trinajstić information content (AvgIpc) is 2.88. The molecule has 0 spiro atoms. The van der Waals surface area contributed by atoms with Crippen molar-refractivity contribution >= 4 is 22.5 Å². The van der Waals surface area contributed by atoms with Gasteiger partial charge in [0.1, 0.15) is 0 Å². The van der Waals surface area contributed by atoms with Crippen molar-refractivity contribution in [1.29, 1.82) is 0 Å². The van der Waals surface area contributed by atoms with E-state index in [1.165, 1.54) is 44.8 Å². The van der Waals surface area contributed by atoms with Crippen LogP contribution in [0.3, 0.4) is 0 Å². The van der Waals surface area contributed by atoms with Crippen molar-refractivity contribution in [2.45, 2.75) is 11.8 Å². The van der Waals surface area contributed by atoms with Gasteiger partial charge >= 0.3 is 0 Å². The van der Waals surface area contributed by atoms with Gasteiger partial charge in [-0.2, -0.15) is 0 Å². The molecule has 0 unspecified atom stereocenters. The number of para-hydroxylation sites is 2. The first-order chi connectivity index (χ1) is 14.4. The highest BCUT2D eigenvalue weighted by atomic mass is 14.9. The minimum Gasteiger partial charge on any atom is -0.355 e. The number of hydrogen-bond acceptors (Lipinski definition) is 1. The lowest BCUT2D eigenvalue weighted by molar-refractivity contribution is 0.643. The largest absolute Gasteiger partial charge is 0.355 e. The lowest BCUT2D eigenvalue weighted by atomic mass is 9.54. The molecule has 0 saturated heterocycles. The van der Waals surface area contributed by atoms with Gasteiger partial charge in [0.2, 0.25) is 0 Å². The van der Waals surface area contributed by atoms with E-state index in [0.717, 1.165) is 6.42 Å². The summed E-state index contributed by atoms with van der Waals surface area (Å²) < 4.78 is 0. The van der Waals surface area contributed by atoms with Crippen LogP contribution in [0.4, 0.5) is 11.4 Å². The van der Waals surface area contributed by atoms with Gasteiger partial charge in [-0.3, -0.25) is 0 Å². The van der Waals surface area contributed by atoms with Gasteiger partial charge in [-0.05, 0) is 40.8 Å². The predicted octanol–water partition coefficient (Wildman–Crippen LogP) is 7.04. The van der Waals surface area contributed by atoms with Crippen molar-refractivity contribution in [2.75, 3.05) is 5.32 Å². The molecule has 1 nitrogen and oxygen atoms in total. The fourth-order valence-corrected chi connectivity index (χ4v) is 5.13. The molecule has 4 aromatic carbocycles. The number of allylic oxidation sites excluding steroid dienone is 2. The summed E-state index contributed by atoms with van der Waals surface area (Å²) in [5, 5.41) is 3.70. The van der Waals surface area contributed by atoms with E-state index in [0.29, 0.717) is 0 Å². The average molecular weight is 371 g/mol. The Balaban J connectivity index is 1.71. The summed E-state index contributed by atoms with van der Waals surface area (Å²) in [6.45, 7) is 0. The monoisotopic (exact) mass is 371 g/mol. The molecule has 0 atom stereocenters. The Morgan fingerprint density at radius 2 is 1.00 bits per heavy atom. The van der Waals surface area contributed by atoms with Gasteiger partial charge in [0.25, 0.3) is 0 Å². The maximum atomic E-state index is 3.70. The number of hydrogen-bond donors (Lipinski definition) is 1. The highest BCUT2D eigenvalue weighted by Crippen LogP contribution is 2.63. The second-order valence-corrected chi connectivity index (χ2v) is 7.88. The van der Waals surface area contributed by atoms with E-state index in [1.807, 2.05) is 0 Å². The summed E-state index contributed by atoms with van der Waals surface area (Å²) in [4.78, 5) is 0. The van der Waals surface area contributed by atoms with Crippen LogP contribution in [0.15, 0.2) is 109 Å². The van der Waals surface area contributed by atoms with E-state index < -0.39 is 0 Å². The maximum absolute atomic E-state index is 3.70. The van der Waals surface area contributed by atoms with Gasteiger partial charge in [0.05, 0.1) is 5.41 Å². The van der Waals surface area contributed by atoms with Crippen LogP contribution >= 0.6 is 0 Å². The van der Waals surface area contributed by atoms with Crippen molar-refractivity contribution < 1.29 is 0 Å². The first-order valence-electron chi connectivity index (χ1n) is 10.2. The molecule has 1 heterocycles. The van der Waals surface area contributed by atoms with Crippen molar-refractivity contribution in [3.05, 3.63) is 131 Å². The predicted molar refractivity (Wildman–Crippen MR) is 121 cm³/mol. The molecule has 0 radical (unpaired) electrons. The van der Waals surface area contributed by atoms with Gasteiger partial charge in [0, 0.05) is 22.5 Å². The van der Waals surface area contributed by atoms with Crippen LogP contribution in [0, 0.1) is 0 Å². The Bertz CT molecular complexity index is 1200. The number of fused-ring (bicyclic) bond motifs is 4. The van der Waals surface area contributed by atoms with Crippen molar-refractivity contribution in [3.63, 3.8) is 0 Å². The molecule has 0 saturated carbocycles. The van der Waals surface area contributed by atoms with Crippen molar-refractivity contribution in [3.8, 4) is 0 Å². The van der Waals surface area contributed by atoms with Gasteiger partial charge in [-0.1, -0.05) is 97.1 Å². The molecule has 1 N–H and O–H groups in total. The first kappa shape index (κ1) is 16.4. The molecule has 2 aliphatic rings. The van der Waals surface area contributed by atoms with E-state index in [9.17, 15) is 0 Å². The van der Waals surface area contributed by atoms with Crippen LogP contribution in [0.1, 0.15) is 28.7 Å². The molecule has 1 aliphatic heterocycles. The molecule has 1 heteroatoms. The van der Waals surface area contributed by atoms with Gasteiger partial charge in [-0.25, -0.2) is 0 Å². The summed E-state index contributed by atoms with van der Waals surface area (Å²) in [6, 6.07) is 39.4. The maximum Gasteiger partial charge on any atom is 0.0501 e. The zero-order valence-corrected chi connectivity index (χ0v) is 16.1. The van der Waals surface area contributed by atoms with Crippen LogP contribution in [-0.2, 0) is 5.41 Å². The van der Waals surface area contributed by atoms with E-state index in [4.69, 9.17) is 0 Å². The third-order valence-electron chi connectivity index (χ3n) is 6.42. The van der Waals surface area contributed by atoms with E-state index in [1.54, 1.807) is 0 Å². The van der Waals surface area contributed by atoms with Crippen molar-refractivity contribution in [1.82, 2.24) is 0 Å². The standard InChI is InChI=1S/C28H21N/c1-3-11-20(12-4-1)28(21-13-5-2-6-14-21)19-24-22-15-7-9-17-25(22)29-26-18-10-8-16-23(26)27(24)28/h1-18,29H,19H2. The molecule has 0 amide bonds. The Hall–Kier alpha value is -3.58. The van der Waals surface area contributed by atoms with E-state index in [2.05, 4.69) is 115 Å². The Morgan fingerprint density at radius 1 is 0.517 bits per heavy atom. The normalized spacial score (nSPS) is 15.9. The fourth-order valence-electron chi connectivity index (χ4n) is 5.13. The molecule has 29 heavy (non-hydrogen) atoms. The van der Waals surface area contributed by atoms with Crippen LogP contribution in [0.5, 0.6) is 0 Å². The fraction of sp³-hybridized carbons (Fsp3) is 0.0714. The van der Waals surface area contributed by atoms with Crippen LogP contribution in [0.25, 0.3) is 11.1 Å². The quantitative estimate of drug-likeness (QED) is 0.398. The van der Waals surface area contributed by atoms with Gasteiger partial charge in [-0.15, -0.1) is 0 Å². The van der Waals surface area contributed by atoms with Crippen molar-refractivity contribution in [2.24, 2.45) is 0 Å². The molecule has 0 fully saturated rings. The topological polar surface area (TPSA) is 12.0 Å². The molecule has 4 aromatic rings. The first-order valence-corrected chi connectivity index (χ1v) is 10.2. The van der Waals surface area contributed by atoms with Crippen LogP contribution < -0.4 is 5.32 Å². The third kappa shape index (κ3) is 2.28. The summed E-state index contributed by atoms with van der Waals surface area (Å²) >= 11 is 0. The number of benzene rings is 4. The van der Waals surface area contributed by atoms with Gasteiger partial charge < -0.3 is 5.32 Å². The zero-order chi connectivity index (χ0) is 19.3. The SMILES string of the molecule is c1ccc(C2(c3ccccc3)CC3=C2c2ccccc2Nc2ccccc23)cc1. The minimum absolute atomic E-state index is 0.132. The lowest BCUT2D eigenvalue weighted by Gasteiger charge is -2.47. The molecular formula is C28H21N. The van der Waals surface area contributed by atoms with Gasteiger partial charge in [0.15, 0.2) is 0 Å². The lowest BCUT2D eigenvalue weighted by Crippen LogP contribution is -2.37. The highest BCUT2D eigenvalue weighted by molar-refractivity contribution is 6.11. The number of rotatable bonds is 2. The summed E-state index contributed by atoms with van der Waals surface area (Å²) in [5.41, 5.74) is 10.5. The highest BCUT2D eigenvalue weighted by Gasteiger charge is 2.50. The third-order valence-corrected chi connectivity index (χ3v) is 6.42. The minimum atomic E-state index is -0.132. The molecule has 6 rings (SSSR count). The summed E-state index contributed by atoms with van der Waals surface area (Å²) in [6.07, 6.45) is 1.00. The smallest absolute Gasteiger partial charge is 0.0501 e. The molecule has 138 valence electrons. The molecule has 1 aliphatic carbocycles. The van der Waals surface area contributed by atoms with E-state index in [-0.39, 0.29) is 5.41 Å². The molecule has 0 bridgehead atoms. The van der Waals surface area contributed by atoms with Crippen LogP contribution in [0.2, 0.25) is 0 Å². The van der Waals surface area contributed by atoms with Crippen LogP contribution in [-0.4, -0.2) is 0 Å². The Labute approximate surface area is 171 Å². The summed E-state index contributed by atoms with van der Waals surface area (Å²) in [7, 11) is 0. The summed E-state index contributed by atoms with van der Waals surface area (Å²) in [5.74, 6) is 0. The second-order valence-electron chi connectivity index (χ2n) is 7.88.